The van der Waals surface area contributed by atoms with E-state index in [4.69, 9.17) is 5.73 Å². The first kappa shape index (κ1) is 12.2. The molecule has 2 atom stereocenters. The number of pyridine rings is 1. The first-order valence-electron chi connectivity index (χ1n) is 6.58. The molecular formula is C15H19N3O. The third kappa shape index (κ3) is 2.02. The largest absolute Gasteiger partial charge is 0.399 e. The molecule has 1 aromatic carbocycles. The summed E-state index contributed by atoms with van der Waals surface area (Å²) in [5, 5.41) is 14.2. The smallest absolute Gasteiger partial charge is 0.126 e. The molecule has 1 saturated carbocycles. The summed E-state index contributed by atoms with van der Waals surface area (Å²) in [6, 6.07) is 9.95. The van der Waals surface area contributed by atoms with Crippen molar-refractivity contribution in [1.82, 2.24) is 4.98 Å². The average molecular weight is 257 g/mol. The van der Waals surface area contributed by atoms with Crippen LogP contribution in [0.25, 0.3) is 10.9 Å². The predicted octanol–water partition coefficient (Wildman–Crippen LogP) is 2.39. The Kier molecular flexibility index (Phi) is 2.64. The number of nitrogens with one attached hydrogen (secondary N) is 1. The molecule has 3 rings (SSSR count). The van der Waals surface area contributed by atoms with Gasteiger partial charge in [-0.3, -0.25) is 0 Å². The maximum absolute atomic E-state index is 9.75. The van der Waals surface area contributed by atoms with Gasteiger partial charge in [0.05, 0.1) is 11.6 Å². The summed E-state index contributed by atoms with van der Waals surface area (Å²) < 4.78 is 0. The van der Waals surface area contributed by atoms with Gasteiger partial charge in [-0.1, -0.05) is 13.8 Å². The van der Waals surface area contributed by atoms with Crippen LogP contribution in [0.4, 0.5) is 11.5 Å². The molecule has 4 nitrogen and oxygen atoms in total. The van der Waals surface area contributed by atoms with Crippen molar-refractivity contribution in [3.05, 3.63) is 30.3 Å². The number of rotatable bonds is 2. The summed E-state index contributed by atoms with van der Waals surface area (Å²) in [5.41, 5.74) is 7.33. The third-order valence-electron chi connectivity index (χ3n) is 4.25. The van der Waals surface area contributed by atoms with Crippen LogP contribution in [0.3, 0.4) is 0 Å². The molecule has 0 aliphatic heterocycles. The summed E-state index contributed by atoms with van der Waals surface area (Å²) >= 11 is 0. The van der Waals surface area contributed by atoms with E-state index < -0.39 is 0 Å². The van der Waals surface area contributed by atoms with Gasteiger partial charge in [0.1, 0.15) is 5.82 Å². The predicted molar refractivity (Wildman–Crippen MR) is 78.0 cm³/mol. The van der Waals surface area contributed by atoms with Crippen LogP contribution in [0, 0.1) is 5.41 Å². The van der Waals surface area contributed by atoms with Crippen LogP contribution in [0.2, 0.25) is 0 Å². The molecule has 2 unspecified atom stereocenters. The van der Waals surface area contributed by atoms with Gasteiger partial charge in [0.15, 0.2) is 0 Å². The number of hydrogen-bond donors (Lipinski definition) is 3. The molecule has 2 aromatic rings. The second-order valence-corrected chi connectivity index (χ2v) is 5.92. The molecule has 1 aliphatic rings. The van der Waals surface area contributed by atoms with Gasteiger partial charge in [-0.15, -0.1) is 0 Å². The number of fused-ring (bicyclic) bond motifs is 1. The van der Waals surface area contributed by atoms with Crippen molar-refractivity contribution in [2.45, 2.75) is 32.4 Å². The molecule has 0 radical (unpaired) electrons. The van der Waals surface area contributed by atoms with E-state index in [1.54, 1.807) is 0 Å². The number of nitrogens with zero attached hydrogens (tertiary/aromatic N) is 1. The van der Waals surface area contributed by atoms with Crippen molar-refractivity contribution in [3.63, 3.8) is 0 Å². The standard InChI is InChI=1S/C15H19N3O/c1-15(2)12(8-13(15)19)18-14-6-3-9-7-10(16)4-5-11(9)17-14/h3-7,12-13,19H,8,16H2,1-2H3,(H,17,18). The van der Waals surface area contributed by atoms with E-state index >= 15 is 0 Å². The van der Waals surface area contributed by atoms with Gasteiger partial charge in [0.2, 0.25) is 0 Å². The number of hydrogen-bond acceptors (Lipinski definition) is 4. The van der Waals surface area contributed by atoms with Gasteiger partial charge >= 0.3 is 0 Å². The van der Waals surface area contributed by atoms with Gasteiger partial charge in [-0.25, -0.2) is 4.98 Å². The molecule has 1 fully saturated rings. The minimum absolute atomic E-state index is 0.0995. The maximum Gasteiger partial charge on any atom is 0.126 e. The molecular weight excluding hydrogens is 238 g/mol. The fourth-order valence-electron chi connectivity index (χ4n) is 2.55. The highest BCUT2D eigenvalue weighted by atomic mass is 16.3. The molecule has 1 aliphatic carbocycles. The first-order chi connectivity index (χ1) is 8.96. The Morgan fingerprint density at radius 2 is 2.11 bits per heavy atom. The van der Waals surface area contributed by atoms with E-state index in [1.807, 2.05) is 30.3 Å². The molecule has 1 aromatic heterocycles. The van der Waals surface area contributed by atoms with Crippen molar-refractivity contribution in [2.24, 2.45) is 5.41 Å². The highest BCUT2D eigenvalue weighted by molar-refractivity contribution is 5.83. The Balaban J connectivity index is 1.85. The minimum Gasteiger partial charge on any atom is -0.399 e. The monoisotopic (exact) mass is 257 g/mol. The highest BCUT2D eigenvalue weighted by Crippen LogP contribution is 2.42. The van der Waals surface area contributed by atoms with Gasteiger partial charge in [-0.2, -0.15) is 0 Å². The van der Waals surface area contributed by atoms with Crippen molar-refractivity contribution >= 4 is 22.4 Å². The molecule has 0 bridgehead atoms. The molecule has 0 spiro atoms. The van der Waals surface area contributed by atoms with Crippen molar-refractivity contribution in [3.8, 4) is 0 Å². The minimum atomic E-state index is -0.231. The topological polar surface area (TPSA) is 71.2 Å². The zero-order chi connectivity index (χ0) is 13.6. The average Bonchev–Trinajstić information content (AvgIpc) is 2.38. The maximum atomic E-state index is 9.75. The molecule has 100 valence electrons. The fourth-order valence-corrected chi connectivity index (χ4v) is 2.55. The van der Waals surface area contributed by atoms with E-state index in [9.17, 15) is 5.11 Å². The normalized spacial score (nSPS) is 25.0. The summed E-state index contributed by atoms with van der Waals surface area (Å²) in [4.78, 5) is 4.58. The van der Waals surface area contributed by atoms with Crippen LogP contribution in [0.1, 0.15) is 20.3 Å². The number of nitrogens with two attached hydrogens (primary N) is 1. The second kappa shape index (κ2) is 4.10. The lowest BCUT2D eigenvalue weighted by Gasteiger charge is -2.49. The van der Waals surface area contributed by atoms with Crippen LogP contribution in [-0.2, 0) is 0 Å². The van der Waals surface area contributed by atoms with Crippen molar-refractivity contribution in [1.29, 1.82) is 0 Å². The van der Waals surface area contributed by atoms with Crippen LogP contribution in [-0.4, -0.2) is 22.2 Å². The summed E-state index contributed by atoms with van der Waals surface area (Å²) in [6.07, 6.45) is 0.541. The zero-order valence-electron chi connectivity index (χ0n) is 11.2. The number of anilines is 2. The van der Waals surface area contributed by atoms with E-state index in [0.29, 0.717) is 0 Å². The Bertz CT molecular complexity index is 624. The third-order valence-corrected chi connectivity index (χ3v) is 4.25. The fraction of sp³-hybridized carbons (Fsp3) is 0.400. The molecule has 1 heterocycles. The van der Waals surface area contributed by atoms with Gasteiger partial charge in [-0.05, 0) is 36.8 Å². The van der Waals surface area contributed by atoms with Crippen molar-refractivity contribution < 1.29 is 5.11 Å². The van der Waals surface area contributed by atoms with Gasteiger partial charge in [0.25, 0.3) is 0 Å². The van der Waals surface area contributed by atoms with E-state index in [2.05, 4.69) is 24.1 Å². The van der Waals surface area contributed by atoms with E-state index in [0.717, 1.165) is 28.8 Å². The number of nitrogen functional groups attached to an aromatic ring is 1. The van der Waals surface area contributed by atoms with Crippen molar-refractivity contribution in [2.75, 3.05) is 11.1 Å². The number of benzene rings is 1. The first-order valence-corrected chi connectivity index (χ1v) is 6.58. The molecule has 4 heteroatoms. The van der Waals surface area contributed by atoms with E-state index in [-0.39, 0.29) is 17.6 Å². The quantitative estimate of drug-likeness (QED) is 0.722. The summed E-state index contributed by atoms with van der Waals surface area (Å²) in [5.74, 6) is 0.849. The molecule has 0 saturated heterocycles. The number of aliphatic hydroxyl groups is 1. The van der Waals surface area contributed by atoms with Gasteiger partial charge < -0.3 is 16.2 Å². The Hall–Kier alpha value is -1.81. The number of aliphatic hydroxyl groups excluding tert-OH is 1. The Morgan fingerprint density at radius 1 is 1.32 bits per heavy atom. The van der Waals surface area contributed by atoms with Crippen LogP contribution >= 0.6 is 0 Å². The van der Waals surface area contributed by atoms with E-state index in [1.165, 1.54) is 0 Å². The van der Waals surface area contributed by atoms with Crippen LogP contribution < -0.4 is 11.1 Å². The Labute approximate surface area is 112 Å². The summed E-state index contributed by atoms with van der Waals surface area (Å²) in [7, 11) is 0. The van der Waals surface area contributed by atoms with Crippen LogP contribution in [0.5, 0.6) is 0 Å². The van der Waals surface area contributed by atoms with Gasteiger partial charge in [0, 0.05) is 22.5 Å². The van der Waals surface area contributed by atoms with Crippen LogP contribution in [0.15, 0.2) is 30.3 Å². The zero-order valence-corrected chi connectivity index (χ0v) is 11.2. The molecule has 0 amide bonds. The lowest BCUT2D eigenvalue weighted by molar-refractivity contribution is -0.0511. The lowest BCUT2D eigenvalue weighted by atomic mass is 9.64. The Morgan fingerprint density at radius 3 is 2.79 bits per heavy atom. The molecule has 19 heavy (non-hydrogen) atoms. The summed E-state index contributed by atoms with van der Waals surface area (Å²) in [6.45, 7) is 4.14. The molecule has 4 N–H and O–H groups in total. The second-order valence-electron chi connectivity index (χ2n) is 5.92. The SMILES string of the molecule is CC1(C)C(O)CC1Nc1ccc2cc(N)ccc2n1. The highest BCUT2D eigenvalue weighted by Gasteiger charge is 2.47. The lowest BCUT2D eigenvalue weighted by Crippen LogP contribution is -2.57. The number of aromatic nitrogens is 1.